The summed E-state index contributed by atoms with van der Waals surface area (Å²) in [5.41, 5.74) is 0.239. The Morgan fingerprint density at radius 1 is 1.20 bits per heavy atom. The van der Waals surface area contributed by atoms with E-state index in [2.05, 4.69) is 5.32 Å². The van der Waals surface area contributed by atoms with Gasteiger partial charge in [0, 0.05) is 6.54 Å². The maximum atomic E-state index is 12.8. The maximum absolute atomic E-state index is 12.8. The van der Waals surface area contributed by atoms with E-state index in [-0.39, 0.29) is 24.4 Å². The molecule has 134 valence electrons. The molecule has 2 fully saturated rings. The monoisotopic (exact) mass is 343 g/mol. The highest BCUT2D eigenvalue weighted by Gasteiger charge is 2.49. The van der Waals surface area contributed by atoms with Gasteiger partial charge in [0.05, 0.1) is 6.04 Å². The first-order chi connectivity index (χ1) is 12.0. The number of carbonyl (C=O) groups is 3. The Morgan fingerprint density at radius 2 is 1.88 bits per heavy atom. The quantitative estimate of drug-likeness (QED) is 0.835. The molecule has 2 aliphatic rings. The molecule has 1 N–H and O–H groups in total. The van der Waals surface area contributed by atoms with Gasteiger partial charge >= 0.3 is 6.03 Å². The fourth-order valence-electron chi connectivity index (χ4n) is 3.86. The Bertz CT molecular complexity index is 670. The number of nitrogens with zero attached hydrogens (tertiary/aromatic N) is 2. The smallest absolute Gasteiger partial charge is 0.325 e. The predicted molar refractivity (Wildman–Crippen MR) is 93.7 cm³/mol. The second-order valence-electron chi connectivity index (χ2n) is 6.77. The first-order valence-electron chi connectivity index (χ1n) is 9.01. The average Bonchev–Trinajstić information content (AvgIpc) is 3.21. The van der Waals surface area contributed by atoms with Gasteiger partial charge in [0.1, 0.15) is 12.1 Å². The average molecular weight is 343 g/mol. The van der Waals surface area contributed by atoms with E-state index < -0.39 is 11.6 Å². The Balaban J connectivity index is 1.74. The van der Waals surface area contributed by atoms with Crippen LogP contribution in [-0.2, 0) is 9.59 Å². The van der Waals surface area contributed by atoms with Crippen molar-refractivity contribution in [1.29, 1.82) is 0 Å². The standard InChI is InChI=1S/C19H25N3O3/c1-3-19(4-2)17(24)22(18(25)20-19)13-16(23)21-12-8-11-15(21)14-9-6-5-7-10-14/h5-7,9-10,15H,3-4,8,11-13H2,1-2H3,(H,20,25)/t15-/m1/s1. The molecule has 2 heterocycles. The Hall–Kier alpha value is -2.37. The highest BCUT2D eigenvalue weighted by Crippen LogP contribution is 2.32. The first kappa shape index (κ1) is 17.5. The van der Waals surface area contributed by atoms with Gasteiger partial charge in [-0.15, -0.1) is 0 Å². The SMILES string of the molecule is CCC1(CC)NC(=O)N(CC(=O)N2CCC[C@@H]2c2ccccc2)C1=O. The molecular weight excluding hydrogens is 318 g/mol. The molecule has 6 nitrogen and oxygen atoms in total. The molecule has 4 amide bonds. The van der Waals surface area contributed by atoms with E-state index in [4.69, 9.17) is 0 Å². The summed E-state index contributed by atoms with van der Waals surface area (Å²) in [6.07, 6.45) is 2.88. The van der Waals surface area contributed by atoms with Crippen molar-refractivity contribution in [3.63, 3.8) is 0 Å². The molecular formula is C19H25N3O3. The second-order valence-corrected chi connectivity index (χ2v) is 6.77. The molecule has 0 bridgehead atoms. The minimum atomic E-state index is -0.860. The number of hydrogen-bond acceptors (Lipinski definition) is 3. The van der Waals surface area contributed by atoms with Crippen LogP contribution in [0.4, 0.5) is 4.79 Å². The zero-order valence-corrected chi connectivity index (χ0v) is 14.8. The van der Waals surface area contributed by atoms with E-state index in [1.54, 1.807) is 4.90 Å². The van der Waals surface area contributed by atoms with Crippen molar-refractivity contribution < 1.29 is 14.4 Å². The maximum Gasteiger partial charge on any atom is 0.325 e. The largest absolute Gasteiger partial charge is 0.334 e. The lowest BCUT2D eigenvalue weighted by molar-refractivity contribution is -0.139. The zero-order chi connectivity index (χ0) is 18.0. The molecule has 6 heteroatoms. The van der Waals surface area contributed by atoms with Gasteiger partial charge in [0.2, 0.25) is 5.91 Å². The Labute approximate surface area is 148 Å². The number of likely N-dealkylation sites (tertiary alicyclic amines) is 1. The van der Waals surface area contributed by atoms with Gasteiger partial charge in [-0.3, -0.25) is 14.5 Å². The minimum absolute atomic E-state index is 0.0246. The summed E-state index contributed by atoms with van der Waals surface area (Å²) < 4.78 is 0. The second kappa shape index (κ2) is 6.86. The number of imide groups is 1. The molecule has 3 rings (SSSR count). The third-order valence-corrected chi connectivity index (χ3v) is 5.50. The van der Waals surface area contributed by atoms with Crippen molar-refractivity contribution in [2.75, 3.05) is 13.1 Å². The third-order valence-electron chi connectivity index (χ3n) is 5.50. The van der Waals surface area contributed by atoms with Crippen LogP contribution >= 0.6 is 0 Å². The van der Waals surface area contributed by atoms with E-state index >= 15 is 0 Å². The lowest BCUT2D eigenvalue weighted by Crippen LogP contribution is -2.47. The van der Waals surface area contributed by atoms with E-state index in [0.29, 0.717) is 19.4 Å². The fraction of sp³-hybridized carbons (Fsp3) is 0.526. The van der Waals surface area contributed by atoms with Crippen LogP contribution in [0.1, 0.15) is 51.1 Å². The topological polar surface area (TPSA) is 69.7 Å². The van der Waals surface area contributed by atoms with Crippen LogP contribution in [0.5, 0.6) is 0 Å². The summed E-state index contributed by atoms with van der Waals surface area (Å²) in [7, 11) is 0. The van der Waals surface area contributed by atoms with Gasteiger partial charge < -0.3 is 10.2 Å². The van der Waals surface area contributed by atoms with E-state index in [1.807, 2.05) is 44.2 Å². The Kier molecular flexibility index (Phi) is 4.79. The molecule has 0 aromatic heterocycles. The van der Waals surface area contributed by atoms with Crippen LogP contribution in [0.25, 0.3) is 0 Å². The number of nitrogens with one attached hydrogen (secondary N) is 1. The number of carbonyl (C=O) groups excluding carboxylic acids is 3. The van der Waals surface area contributed by atoms with Gasteiger partial charge in [0.25, 0.3) is 5.91 Å². The lowest BCUT2D eigenvalue weighted by Gasteiger charge is -2.27. The molecule has 2 aliphatic heterocycles. The van der Waals surface area contributed by atoms with Crippen LogP contribution in [0.3, 0.4) is 0 Å². The molecule has 0 spiro atoms. The van der Waals surface area contributed by atoms with Crippen LogP contribution in [0.15, 0.2) is 30.3 Å². The van der Waals surface area contributed by atoms with Gasteiger partial charge in [-0.1, -0.05) is 44.2 Å². The molecule has 1 aromatic carbocycles. The normalized spacial score (nSPS) is 22.4. The number of amides is 4. The summed E-state index contributed by atoms with van der Waals surface area (Å²) in [6, 6.07) is 9.48. The summed E-state index contributed by atoms with van der Waals surface area (Å²) in [6.45, 7) is 4.22. The van der Waals surface area contributed by atoms with Crippen molar-refractivity contribution >= 4 is 17.8 Å². The molecule has 0 unspecified atom stereocenters. The van der Waals surface area contributed by atoms with E-state index in [0.717, 1.165) is 23.3 Å². The van der Waals surface area contributed by atoms with Gasteiger partial charge in [0.15, 0.2) is 0 Å². The highest BCUT2D eigenvalue weighted by atomic mass is 16.2. The van der Waals surface area contributed by atoms with Crippen LogP contribution in [-0.4, -0.2) is 46.3 Å². The first-order valence-corrected chi connectivity index (χ1v) is 9.01. The summed E-state index contributed by atoms with van der Waals surface area (Å²) >= 11 is 0. The molecule has 25 heavy (non-hydrogen) atoms. The molecule has 0 radical (unpaired) electrons. The summed E-state index contributed by atoms with van der Waals surface area (Å²) in [5, 5.41) is 2.77. The molecule has 0 saturated carbocycles. The fourth-order valence-corrected chi connectivity index (χ4v) is 3.86. The van der Waals surface area contributed by atoms with Gasteiger partial charge in [-0.25, -0.2) is 4.79 Å². The molecule has 1 atom stereocenters. The van der Waals surface area contributed by atoms with Crippen LogP contribution in [0.2, 0.25) is 0 Å². The summed E-state index contributed by atoms with van der Waals surface area (Å²) in [4.78, 5) is 40.6. The molecule has 1 aromatic rings. The van der Waals surface area contributed by atoms with Gasteiger partial charge in [-0.05, 0) is 31.2 Å². The van der Waals surface area contributed by atoms with Crippen molar-refractivity contribution in [2.24, 2.45) is 0 Å². The minimum Gasteiger partial charge on any atom is -0.334 e. The van der Waals surface area contributed by atoms with E-state index in [9.17, 15) is 14.4 Å². The molecule has 0 aliphatic carbocycles. The Morgan fingerprint density at radius 3 is 2.48 bits per heavy atom. The highest BCUT2D eigenvalue weighted by molar-refractivity contribution is 6.09. The van der Waals surface area contributed by atoms with Crippen molar-refractivity contribution in [1.82, 2.24) is 15.1 Å². The molecule has 2 saturated heterocycles. The van der Waals surface area contributed by atoms with Gasteiger partial charge in [-0.2, -0.15) is 0 Å². The van der Waals surface area contributed by atoms with Crippen molar-refractivity contribution in [2.45, 2.75) is 51.1 Å². The summed E-state index contributed by atoms with van der Waals surface area (Å²) in [5.74, 6) is -0.454. The van der Waals surface area contributed by atoms with E-state index in [1.165, 1.54) is 0 Å². The van der Waals surface area contributed by atoms with Crippen molar-refractivity contribution in [3.05, 3.63) is 35.9 Å². The van der Waals surface area contributed by atoms with Crippen molar-refractivity contribution in [3.8, 4) is 0 Å². The predicted octanol–water partition coefficient (Wildman–Crippen LogP) is 2.46. The number of hydrogen-bond donors (Lipinski definition) is 1. The number of rotatable bonds is 5. The zero-order valence-electron chi connectivity index (χ0n) is 14.8. The van der Waals surface area contributed by atoms with Crippen LogP contribution in [0, 0.1) is 0 Å². The van der Waals surface area contributed by atoms with Crippen LogP contribution < -0.4 is 5.32 Å². The number of urea groups is 1. The lowest BCUT2D eigenvalue weighted by atomic mass is 9.93. The number of benzene rings is 1. The third kappa shape index (κ3) is 3.01.